The summed E-state index contributed by atoms with van der Waals surface area (Å²) in [5.74, 6) is 1.25. The summed E-state index contributed by atoms with van der Waals surface area (Å²) in [5.41, 5.74) is 1.73. The number of amides is 1. The monoisotopic (exact) mass is 458 g/mol. The Morgan fingerprint density at radius 3 is 2.92 bits per heavy atom. The van der Waals surface area contributed by atoms with Crippen LogP contribution in [-0.2, 0) is 11.3 Å². The fraction of sp³-hybridized carbons (Fsp3) is 0.444. The number of hydrogen-bond donors (Lipinski definition) is 0. The maximum Gasteiger partial charge on any atom is 0.410 e. The molecule has 2 heterocycles. The summed E-state index contributed by atoms with van der Waals surface area (Å²) in [6.07, 6.45) is 4.36. The van der Waals surface area contributed by atoms with Crippen molar-refractivity contribution in [1.29, 1.82) is 0 Å². The molecule has 5 nitrogen and oxygen atoms in total. The van der Waals surface area contributed by atoms with E-state index in [0.29, 0.717) is 29.9 Å². The van der Waals surface area contributed by atoms with Gasteiger partial charge in [-0.2, -0.15) is 0 Å². The van der Waals surface area contributed by atoms with Gasteiger partial charge in [0.1, 0.15) is 12.4 Å². The van der Waals surface area contributed by atoms with Crippen molar-refractivity contribution in [2.45, 2.75) is 25.9 Å². The van der Waals surface area contributed by atoms with Gasteiger partial charge in [-0.25, -0.2) is 4.79 Å². The molecule has 1 aliphatic rings. The van der Waals surface area contributed by atoms with Gasteiger partial charge < -0.3 is 14.4 Å². The Bertz CT molecular complexity index is 721. The van der Waals surface area contributed by atoms with E-state index in [1.807, 2.05) is 18.2 Å². The summed E-state index contributed by atoms with van der Waals surface area (Å²) in [6, 6.07) is 5.58. The molecule has 0 unspecified atom stereocenters. The predicted octanol–water partition coefficient (Wildman–Crippen LogP) is 5.38. The Balaban J connectivity index is 1.35. The number of halogens is 2. The molecule has 3 rings (SSSR count). The zero-order valence-corrected chi connectivity index (χ0v) is 17.4. The fourth-order valence-electron chi connectivity index (χ4n) is 2.87. The summed E-state index contributed by atoms with van der Waals surface area (Å²) in [6.45, 7) is 2.37. The van der Waals surface area contributed by atoms with Gasteiger partial charge in [-0.1, -0.05) is 27.5 Å². The molecule has 8 heteroatoms. The number of aromatic nitrogens is 1. The molecule has 2 aromatic rings. The molecule has 1 aromatic carbocycles. The first-order chi connectivity index (χ1) is 12.6. The van der Waals surface area contributed by atoms with Crippen molar-refractivity contribution < 1.29 is 14.3 Å². The molecule has 0 saturated carbocycles. The van der Waals surface area contributed by atoms with E-state index in [9.17, 15) is 4.79 Å². The topological polar surface area (TPSA) is 51.7 Å². The van der Waals surface area contributed by atoms with Crippen LogP contribution >= 0.6 is 38.9 Å². The van der Waals surface area contributed by atoms with Gasteiger partial charge >= 0.3 is 6.09 Å². The molecule has 1 saturated heterocycles. The van der Waals surface area contributed by atoms with Crippen LogP contribution in [0.3, 0.4) is 0 Å². The van der Waals surface area contributed by atoms with Crippen LogP contribution in [0.2, 0.25) is 5.02 Å². The van der Waals surface area contributed by atoms with Crippen molar-refractivity contribution >= 4 is 45.0 Å². The third-order valence-electron chi connectivity index (χ3n) is 4.37. The molecular formula is C18H20BrClN2O3S. The summed E-state index contributed by atoms with van der Waals surface area (Å²) < 4.78 is 12.1. The number of rotatable bonds is 6. The Hall–Kier alpha value is -1.31. The Kier molecular flexibility index (Phi) is 7.16. The SMILES string of the molecule is O=C(OCc1cncs1)N1CCC(CCOc2cc(Br)ccc2Cl)CC1. The Morgan fingerprint density at radius 1 is 1.38 bits per heavy atom. The number of ether oxygens (including phenoxy) is 2. The van der Waals surface area contributed by atoms with Crippen LogP contribution in [-0.4, -0.2) is 35.7 Å². The van der Waals surface area contributed by atoms with Crippen molar-refractivity contribution in [2.75, 3.05) is 19.7 Å². The van der Waals surface area contributed by atoms with E-state index in [-0.39, 0.29) is 6.09 Å². The molecule has 0 atom stereocenters. The molecule has 0 bridgehead atoms. The zero-order valence-electron chi connectivity index (χ0n) is 14.2. The molecular weight excluding hydrogens is 440 g/mol. The van der Waals surface area contributed by atoms with Crippen LogP contribution < -0.4 is 4.74 Å². The smallest absolute Gasteiger partial charge is 0.410 e. The lowest BCUT2D eigenvalue weighted by Gasteiger charge is -2.31. The minimum atomic E-state index is -0.242. The largest absolute Gasteiger partial charge is 0.492 e. The number of hydrogen-bond acceptors (Lipinski definition) is 5. The van der Waals surface area contributed by atoms with Crippen LogP contribution in [0.4, 0.5) is 4.79 Å². The number of carbonyl (C=O) groups is 1. The maximum atomic E-state index is 12.1. The quantitative estimate of drug-likeness (QED) is 0.582. The van der Waals surface area contributed by atoms with Gasteiger partial charge in [0, 0.05) is 23.8 Å². The number of likely N-dealkylation sites (tertiary alicyclic amines) is 1. The lowest BCUT2D eigenvalue weighted by Crippen LogP contribution is -2.39. The van der Waals surface area contributed by atoms with E-state index in [1.54, 1.807) is 16.6 Å². The van der Waals surface area contributed by atoms with E-state index in [4.69, 9.17) is 21.1 Å². The molecule has 140 valence electrons. The number of nitrogens with zero attached hydrogens (tertiary/aromatic N) is 2. The molecule has 1 aliphatic heterocycles. The fourth-order valence-corrected chi connectivity index (χ4v) is 3.88. The minimum absolute atomic E-state index is 0.242. The number of thiazole rings is 1. The predicted molar refractivity (Wildman–Crippen MR) is 106 cm³/mol. The first-order valence-corrected chi connectivity index (χ1v) is 10.5. The first kappa shape index (κ1) is 19.5. The summed E-state index contributed by atoms with van der Waals surface area (Å²) in [7, 11) is 0. The van der Waals surface area contributed by atoms with Gasteiger partial charge in [0.05, 0.1) is 22.0 Å². The molecule has 1 amide bonds. The summed E-state index contributed by atoms with van der Waals surface area (Å²) in [5, 5.41) is 0.617. The first-order valence-electron chi connectivity index (χ1n) is 8.48. The molecule has 0 radical (unpaired) electrons. The van der Waals surface area contributed by atoms with Crippen molar-refractivity contribution in [3.63, 3.8) is 0 Å². The van der Waals surface area contributed by atoms with E-state index in [0.717, 1.165) is 41.7 Å². The molecule has 1 aromatic heterocycles. The van der Waals surface area contributed by atoms with E-state index >= 15 is 0 Å². The van der Waals surface area contributed by atoms with E-state index in [2.05, 4.69) is 20.9 Å². The van der Waals surface area contributed by atoms with Crippen LogP contribution in [0.1, 0.15) is 24.1 Å². The van der Waals surface area contributed by atoms with Crippen molar-refractivity contribution in [1.82, 2.24) is 9.88 Å². The van der Waals surface area contributed by atoms with E-state index < -0.39 is 0 Å². The molecule has 0 N–H and O–H groups in total. The highest BCUT2D eigenvalue weighted by molar-refractivity contribution is 9.10. The lowest BCUT2D eigenvalue weighted by molar-refractivity contribution is 0.0807. The van der Waals surface area contributed by atoms with Gasteiger partial charge in [-0.15, -0.1) is 11.3 Å². The highest BCUT2D eigenvalue weighted by Gasteiger charge is 2.23. The van der Waals surface area contributed by atoms with E-state index in [1.165, 1.54) is 11.3 Å². The Labute approximate surface area is 170 Å². The molecule has 0 aliphatic carbocycles. The molecule has 26 heavy (non-hydrogen) atoms. The van der Waals surface area contributed by atoms with Crippen LogP contribution in [0, 0.1) is 5.92 Å². The summed E-state index contributed by atoms with van der Waals surface area (Å²) >= 11 is 11.0. The van der Waals surface area contributed by atoms with Crippen LogP contribution in [0.15, 0.2) is 34.4 Å². The molecule has 0 spiro atoms. The standard InChI is InChI=1S/C18H20BrClN2O3S/c19-14-1-2-16(20)17(9-14)24-8-5-13-3-6-22(7-4-13)18(23)25-11-15-10-21-12-26-15/h1-2,9-10,12-13H,3-8,11H2. The third kappa shape index (κ3) is 5.59. The molecule has 1 fully saturated rings. The zero-order chi connectivity index (χ0) is 18.4. The van der Waals surface area contributed by atoms with Gasteiger partial charge in [0.2, 0.25) is 0 Å². The van der Waals surface area contributed by atoms with Crippen molar-refractivity contribution in [2.24, 2.45) is 5.92 Å². The average molecular weight is 460 g/mol. The van der Waals surface area contributed by atoms with Gasteiger partial charge in [-0.05, 0) is 43.4 Å². The van der Waals surface area contributed by atoms with Crippen molar-refractivity contribution in [3.8, 4) is 5.75 Å². The maximum absolute atomic E-state index is 12.1. The number of carbonyl (C=O) groups excluding carboxylic acids is 1. The average Bonchev–Trinajstić information content (AvgIpc) is 3.17. The van der Waals surface area contributed by atoms with Crippen molar-refractivity contribution in [3.05, 3.63) is 44.3 Å². The summed E-state index contributed by atoms with van der Waals surface area (Å²) in [4.78, 5) is 18.8. The third-order valence-corrected chi connectivity index (χ3v) is 5.93. The highest BCUT2D eigenvalue weighted by atomic mass is 79.9. The Morgan fingerprint density at radius 2 is 2.19 bits per heavy atom. The van der Waals surface area contributed by atoms with Crippen LogP contribution in [0.5, 0.6) is 5.75 Å². The number of benzene rings is 1. The van der Waals surface area contributed by atoms with Gasteiger partial charge in [-0.3, -0.25) is 4.98 Å². The second-order valence-electron chi connectivity index (χ2n) is 6.16. The van der Waals surface area contributed by atoms with Gasteiger partial charge in [0.25, 0.3) is 0 Å². The normalized spacial score (nSPS) is 15.1. The second-order valence-corrected chi connectivity index (χ2v) is 8.46. The number of piperidine rings is 1. The highest BCUT2D eigenvalue weighted by Crippen LogP contribution is 2.29. The lowest BCUT2D eigenvalue weighted by atomic mass is 9.94. The second kappa shape index (κ2) is 9.58. The van der Waals surface area contributed by atoms with Gasteiger partial charge in [0.15, 0.2) is 0 Å². The minimum Gasteiger partial charge on any atom is -0.492 e. The van der Waals surface area contributed by atoms with Crippen LogP contribution in [0.25, 0.3) is 0 Å².